The second-order valence-corrected chi connectivity index (χ2v) is 4.72. The van der Waals surface area contributed by atoms with Crippen LogP contribution in [0.25, 0.3) is 0 Å². The fourth-order valence-electron chi connectivity index (χ4n) is 1.31. The van der Waals surface area contributed by atoms with Crippen LogP contribution in [0.3, 0.4) is 0 Å². The van der Waals surface area contributed by atoms with Crippen molar-refractivity contribution in [3.63, 3.8) is 0 Å². The molecule has 0 aromatic carbocycles. The van der Waals surface area contributed by atoms with Gasteiger partial charge < -0.3 is 15.2 Å². The van der Waals surface area contributed by atoms with Crippen molar-refractivity contribution in [1.82, 2.24) is 0 Å². The molecular weight excluding hydrogens is 222 g/mol. The summed E-state index contributed by atoms with van der Waals surface area (Å²) in [5.74, 6) is 0.261. The molecule has 3 N–H and O–H groups in total. The molecule has 1 rings (SSSR count). The molecule has 0 saturated heterocycles. The molecule has 15 heavy (non-hydrogen) atoms. The van der Waals surface area contributed by atoms with E-state index in [0.717, 1.165) is 0 Å². The quantitative estimate of drug-likeness (QED) is 0.668. The molecule has 7 heteroatoms. The number of rotatable bonds is 3. The molecular formula is C8H13NO5S. The highest BCUT2D eigenvalue weighted by molar-refractivity contribution is 7.87. The van der Waals surface area contributed by atoms with E-state index in [1.165, 1.54) is 26.4 Å². The summed E-state index contributed by atoms with van der Waals surface area (Å²) in [7, 11) is -1.83. The van der Waals surface area contributed by atoms with Crippen molar-refractivity contribution in [1.29, 1.82) is 0 Å². The topological polar surface area (TPSA) is 98.9 Å². The molecule has 1 unspecified atom stereocenters. The zero-order chi connectivity index (χ0) is 11.7. The number of nitrogens with two attached hydrogens (primary N) is 1. The maximum atomic E-state index is 11.2. The average molecular weight is 235 g/mol. The molecule has 0 aromatic rings. The van der Waals surface area contributed by atoms with Gasteiger partial charge in [-0.2, -0.15) is 8.42 Å². The van der Waals surface area contributed by atoms with Crippen LogP contribution in [0.15, 0.2) is 23.6 Å². The molecule has 0 heterocycles. The van der Waals surface area contributed by atoms with Gasteiger partial charge in [-0.1, -0.05) is 0 Å². The molecule has 1 aliphatic carbocycles. The van der Waals surface area contributed by atoms with Crippen molar-refractivity contribution in [3.8, 4) is 0 Å². The highest BCUT2D eigenvalue weighted by atomic mass is 32.2. The van der Waals surface area contributed by atoms with Crippen LogP contribution in [0.1, 0.15) is 6.42 Å². The highest BCUT2D eigenvalue weighted by Crippen LogP contribution is 2.32. The summed E-state index contributed by atoms with van der Waals surface area (Å²) in [5, 5.41) is 0. The Hall–Kier alpha value is -1.05. The van der Waals surface area contributed by atoms with Gasteiger partial charge in [0.25, 0.3) is 10.1 Å². The summed E-state index contributed by atoms with van der Waals surface area (Å²) in [6.07, 6.45) is 2.38. The Morgan fingerprint density at radius 1 is 1.53 bits per heavy atom. The minimum Gasteiger partial charge on any atom is -0.499 e. The Bertz CT molecular complexity index is 411. The molecule has 86 valence electrons. The largest absolute Gasteiger partial charge is 0.499 e. The van der Waals surface area contributed by atoms with E-state index in [1.807, 2.05) is 0 Å². The summed E-state index contributed by atoms with van der Waals surface area (Å²) < 4.78 is 41.1. The summed E-state index contributed by atoms with van der Waals surface area (Å²) in [6.45, 7) is 0. The molecule has 0 saturated carbocycles. The molecule has 0 aromatic heterocycles. The van der Waals surface area contributed by atoms with Gasteiger partial charge in [0.2, 0.25) is 4.93 Å². The monoisotopic (exact) mass is 235 g/mol. The summed E-state index contributed by atoms with van der Waals surface area (Å²) in [4.78, 5) is -1.80. The van der Waals surface area contributed by atoms with Crippen molar-refractivity contribution >= 4 is 10.1 Å². The van der Waals surface area contributed by atoms with Gasteiger partial charge in [-0.15, -0.1) is 0 Å². The highest BCUT2D eigenvalue weighted by Gasteiger charge is 2.44. The summed E-state index contributed by atoms with van der Waals surface area (Å²) in [5.41, 5.74) is 5.86. The van der Waals surface area contributed by atoms with Gasteiger partial charge in [0, 0.05) is 7.11 Å². The van der Waals surface area contributed by atoms with E-state index in [-0.39, 0.29) is 12.2 Å². The Balaban J connectivity index is 3.18. The van der Waals surface area contributed by atoms with Crippen molar-refractivity contribution in [2.75, 3.05) is 14.2 Å². The molecule has 0 radical (unpaired) electrons. The van der Waals surface area contributed by atoms with Gasteiger partial charge in [-0.3, -0.25) is 4.55 Å². The smallest absolute Gasteiger partial charge is 0.299 e. The SMILES string of the molecule is COC1=C(N)C=CC(OC)(S(=O)(=O)O)C1. The maximum Gasteiger partial charge on any atom is 0.299 e. The molecule has 0 spiro atoms. The first-order chi connectivity index (χ1) is 6.86. The number of ether oxygens (including phenoxy) is 2. The van der Waals surface area contributed by atoms with E-state index in [4.69, 9.17) is 19.8 Å². The molecule has 0 fully saturated rings. The standard InChI is InChI=1S/C8H13NO5S/c1-13-7-5-8(14-2,15(10,11)12)4-3-6(7)9/h3-4H,5,9H2,1-2H3,(H,10,11,12). The Kier molecular flexibility index (Phi) is 3.08. The van der Waals surface area contributed by atoms with Crippen molar-refractivity contribution in [2.45, 2.75) is 11.4 Å². The van der Waals surface area contributed by atoms with E-state index in [1.54, 1.807) is 0 Å². The predicted molar refractivity (Wildman–Crippen MR) is 53.3 cm³/mol. The third-order valence-corrected chi connectivity index (χ3v) is 3.59. The van der Waals surface area contributed by atoms with Crippen LogP contribution in [-0.4, -0.2) is 32.1 Å². The van der Waals surface area contributed by atoms with Gasteiger partial charge in [0.05, 0.1) is 19.2 Å². The molecule has 0 bridgehead atoms. The molecule has 0 aliphatic heterocycles. The number of hydrogen-bond acceptors (Lipinski definition) is 5. The summed E-state index contributed by atoms with van der Waals surface area (Å²) in [6, 6.07) is 0. The fraction of sp³-hybridized carbons (Fsp3) is 0.500. The van der Waals surface area contributed by atoms with Crippen LogP contribution in [0.2, 0.25) is 0 Å². The van der Waals surface area contributed by atoms with Crippen LogP contribution in [0.4, 0.5) is 0 Å². The fourth-order valence-corrected chi connectivity index (χ4v) is 2.07. The lowest BCUT2D eigenvalue weighted by atomic mass is 10.1. The van der Waals surface area contributed by atoms with Gasteiger partial charge >= 0.3 is 0 Å². The minimum atomic E-state index is -4.38. The average Bonchev–Trinajstić information content (AvgIpc) is 2.17. The van der Waals surface area contributed by atoms with Crippen LogP contribution >= 0.6 is 0 Å². The van der Waals surface area contributed by atoms with Gasteiger partial charge in [0.1, 0.15) is 5.76 Å². The number of methoxy groups -OCH3 is 2. The maximum absolute atomic E-state index is 11.2. The van der Waals surface area contributed by atoms with E-state index in [0.29, 0.717) is 5.70 Å². The first-order valence-corrected chi connectivity index (χ1v) is 5.54. The van der Waals surface area contributed by atoms with Crippen LogP contribution in [0, 0.1) is 0 Å². The normalized spacial score (nSPS) is 26.9. The van der Waals surface area contributed by atoms with E-state index in [2.05, 4.69) is 0 Å². The number of allylic oxidation sites excluding steroid dienone is 1. The van der Waals surface area contributed by atoms with Gasteiger partial charge in [-0.05, 0) is 12.2 Å². The van der Waals surface area contributed by atoms with Crippen molar-refractivity contribution in [3.05, 3.63) is 23.6 Å². The summed E-state index contributed by atoms with van der Waals surface area (Å²) >= 11 is 0. The second-order valence-electron chi connectivity index (χ2n) is 3.08. The molecule has 6 nitrogen and oxygen atoms in total. The lowest BCUT2D eigenvalue weighted by Gasteiger charge is -2.29. The third-order valence-electron chi connectivity index (χ3n) is 2.27. The molecule has 0 amide bonds. The Labute approximate surface area is 88.1 Å². The second kappa shape index (κ2) is 3.84. The minimum absolute atomic E-state index is 0.152. The molecule has 1 atom stereocenters. The zero-order valence-corrected chi connectivity index (χ0v) is 9.24. The van der Waals surface area contributed by atoms with Crippen LogP contribution in [0.5, 0.6) is 0 Å². The first-order valence-electron chi connectivity index (χ1n) is 4.10. The van der Waals surface area contributed by atoms with Crippen LogP contribution < -0.4 is 5.73 Å². The lowest BCUT2D eigenvalue weighted by Crippen LogP contribution is -2.41. The third kappa shape index (κ3) is 1.99. The van der Waals surface area contributed by atoms with E-state index < -0.39 is 15.1 Å². The molecule has 1 aliphatic rings. The predicted octanol–water partition coefficient (Wildman–Crippen LogP) is -0.00650. The van der Waals surface area contributed by atoms with E-state index in [9.17, 15) is 8.42 Å². The number of hydrogen-bond donors (Lipinski definition) is 2. The van der Waals surface area contributed by atoms with Gasteiger partial charge in [-0.25, -0.2) is 0 Å². The Morgan fingerprint density at radius 2 is 2.13 bits per heavy atom. The Morgan fingerprint density at radius 3 is 2.53 bits per heavy atom. The zero-order valence-electron chi connectivity index (χ0n) is 8.43. The van der Waals surface area contributed by atoms with Crippen LogP contribution in [-0.2, 0) is 19.6 Å². The van der Waals surface area contributed by atoms with Gasteiger partial charge in [0.15, 0.2) is 0 Å². The van der Waals surface area contributed by atoms with Crippen molar-refractivity contribution < 1.29 is 22.4 Å². The lowest BCUT2D eigenvalue weighted by molar-refractivity contribution is 0.0763. The first kappa shape index (κ1) is 12.0. The van der Waals surface area contributed by atoms with Crippen molar-refractivity contribution in [2.24, 2.45) is 5.73 Å². The van der Waals surface area contributed by atoms with E-state index >= 15 is 0 Å².